The molecule has 2 fully saturated rings. The summed E-state index contributed by atoms with van der Waals surface area (Å²) in [7, 11) is 0. The van der Waals surface area contributed by atoms with Crippen LogP contribution >= 0.6 is 0 Å². The van der Waals surface area contributed by atoms with E-state index in [0.29, 0.717) is 39.4 Å². The number of hydrogen-bond donors (Lipinski definition) is 1. The Morgan fingerprint density at radius 2 is 1.94 bits per heavy atom. The van der Waals surface area contributed by atoms with Gasteiger partial charge < -0.3 is 24.3 Å². The van der Waals surface area contributed by atoms with E-state index < -0.39 is 0 Å². The second-order valence-electron chi connectivity index (χ2n) is 8.40. The van der Waals surface area contributed by atoms with Crippen LogP contribution in [0, 0.1) is 6.92 Å². The zero-order valence-electron chi connectivity index (χ0n) is 19.3. The van der Waals surface area contributed by atoms with Gasteiger partial charge in [-0.1, -0.05) is 6.07 Å². The van der Waals surface area contributed by atoms with Crippen LogP contribution in [0.5, 0.6) is 0 Å². The first kappa shape index (κ1) is 22.5. The number of aryl methyl sites for hydroxylation is 1. The topological polar surface area (TPSA) is 77.7 Å². The molecule has 0 aromatic carbocycles. The van der Waals surface area contributed by atoms with Gasteiger partial charge >= 0.3 is 0 Å². The third-order valence-corrected chi connectivity index (χ3v) is 6.09. The van der Waals surface area contributed by atoms with E-state index in [4.69, 9.17) is 14.7 Å². The summed E-state index contributed by atoms with van der Waals surface area (Å²) in [6, 6.07) is 4.13. The minimum atomic E-state index is 0.213. The predicted octanol–water partition coefficient (Wildman–Crippen LogP) is 0.627. The number of imidazole rings is 1. The first-order valence-corrected chi connectivity index (χ1v) is 11.7. The van der Waals surface area contributed by atoms with Crippen molar-refractivity contribution in [1.29, 1.82) is 0 Å². The smallest absolute Gasteiger partial charge is 0.236 e. The number of aliphatic imine (C=N–C) groups is 1. The number of aromatic nitrogens is 2. The van der Waals surface area contributed by atoms with Gasteiger partial charge in [-0.3, -0.25) is 14.7 Å². The summed E-state index contributed by atoms with van der Waals surface area (Å²) in [5.41, 5.74) is 3.26. The number of nitrogens with one attached hydrogen (secondary N) is 1. The van der Waals surface area contributed by atoms with Crippen LogP contribution in [0.25, 0.3) is 5.65 Å². The van der Waals surface area contributed by atoms with Crippen LogP contribution in [0.4, 0.5) is 0 Å². The Balaban J connectivity index is 1.28. The fourth-order valence-corrected chi connectivity index (χ4v) is 4.25. The zero-order valence-corrected chi connectivity index (χ0v) is 19.3. The van der Waals surface area contributed by atoms with E-state index in [1.807, 2.05) is 17.2 Å². The number of fused-ring (bicyclic) bond motifs is 1. The second kappa shape index (κ2) is 10.8. The van der Waals surface area contributed by atoms with Crippen molar-refractivity contribution in [2.45, 2.75) is 20.3 Å². The molecule has 4 heterocycles. The minimum absolute atomic E-state index is 0.213. The van der Waals surface area contributed by atoms with E-state index in [-0.39, 0.29) is 5.91 Å². The summed E-state index contributed by atoms with van der Waals surface area (Å²) in [5.74, 6) is 1.16. The molecule has 0 unspecified atom stereocenters. The molecule has 2 aliphatic heterocycles. The van der Waals surface area contributed by atoms with Crippen molar-refractivity contribution in [3.05, 3.63) is 35.8 Å². The number of carbonyl (C=O) groups is 1. The Morgan fingerprint density at radius 1 is 1.16 bits per heavy atom. The van der Waals surface area contributed by atoms with Gasteiger partial charge in [0.25, 0.3) is 0 Å². The highest BCUT2D eigenvalue weighted by molar-refractivity contribution is 5.80. The van der Waals surface area contributed by atoms with Crippen LogP contribution in [0.2, 0.25) is 0 Å². The summed E-state index contributed by atoms with van der Waals surface area (Å²) < 4.78 is 7.43. The van der Waals surface area contributed by atoms with Gasteiger partial charge in [-0.2, -0.15) is 0 Å². The second-order valence-corrected chi connectivity index (χ2v) is 8.40. The highest BCUT2D eigenvalue weighted by Gasteiger charge is 2.24. The molecule has 2 aliphatic rings. The lowest BCUT2D eigenvalue weighted by molar-refractivity contribution is -0.136. The number of pyridine rings is 1. The van der Waals surface area contributed by atoms with E-state index in [2.05, 4.69) is 45.6 Å². The molecular weight excluding hydrogens is 406 g/mol. The number of nitrogens with zero attached hydrogens (tertiary/aromatic N) is 6. The van der Waals surface area contributed by atoms with Gasteiger partial charge in [-0.15, -0.1) is 0 Å². The van der Waals surface area contributed by atoms with Crippen molar-refractivity contribution in [3.8, 4) is 0 Å². The fraction of sp³-hybridized carbons (Fsp3) is 0.609. The van der Waals surface area contributed by atoms with Crippen LogP contribution in [-0.4, -0.2) is 108 Å². The Morgan fingerprint density at radius 3 is 2.66 bits per heavy atom. The summed E-state index contributed by atoms with van der Waals surface area (Å²) in [5, 5.41) is 3.42. The molecular formula is C23H35N7O2. The van der Waals surface area contributed by atoms with Crippen molar-refractivity contribution >= 4 is 17.5 Å². The monoisotopic (exact) mass is 441 g/mol. The van der Waals surface area contributed by atoms with Crippen LogP contribution in [-0.2, 0) is 16.0 Å². The normalized spacial score (nSPS) is 18.4. The largest absolute Gasteiger partial charge is 0.378 e. The molecule has 2 aromatic heterocycles. The molecule has 0 spiro atoms. The lowest BCUT2D eigenvalue weighted by Crippen LogP contribution is -2.55. The van der Waals surface area contributed by atoms with Gasteiger partial charge in [0.15, 0.2) is 5.96 Å². The van der Waals surface area contributed by atoms with E-state index in [1.165, 1.54) is 5.56 Å². The summed E-state index contributed by atoms with van der Waals surface area (Å²) in [6.45, 7) is 12.4. The minimum Gasteiger partial charge on any atom is -0.378 e. The molecule has 9 nitrogen and oxygen atoms in total. The molecule has 2 aromatic rings. The molecule has 2 saturated heterocycles. The van der Waals surface area contributed by atoms with Gasteiger partial charge in [0.2, 0.25) is 5.91 Å². The van der Waals surface area contributed by atoms with Crippen molar-refractivity contribution < 1.29 is 9.53 Å². The number of hydrogen-bond acceptors (Lipinski definition) is 5. The third kappa shape index (κ3) is 5.58. The van der Waals surface area contributed by atoms with Crippen molar-refractivity contribution in [2.24, 2.45) is 4.99 Å². The molecule has 1 N–H and O–H groups in total. The molecule has 32 heavy (non-hydrogen) atoms. The van der Waals surface area contributed by atoms with E-state index in [0.717, 1.165) is 56.4 Å². The standard InChI is InChI=1S/C23H35N7O2/c1-3-24-23(25-7-6-20-17-30-8-4-5-19(2)22(30)26-20)29-11-9-27(10-12-29)18-21(31)28-13-15-32-16-14-28/h4-5,8,17H,3,6-7,9-16,18H2,1-2H3,(H,24,25). The molecule has 0 saturated carbocycles. The lowest BCUT2D eigenvalue weighted by atomic mass is 10.3. The molecule has 0 atom stereocenters. The van der Waals surface area contributed by atoms with Gasteiger partial charge in [-0.25, -0.2) is 4.98 Å². The van der Waals surface area contributed by atoms with Gasteiger partial charge in [0.05, 0.1) is 25.5 Å². The van der Waals surface area contributed by atoms with Gasteiger partial charge in [0, 0.05) is 71.2 Å². The van der Waals surface area contributed by atoms with E-state index >= 15 is 0 Å². The van der Waals surface area contributed by atoms with Crippen molar-refractivity contribution in [3.63, 3.8) is 0 Å². The quantitative estimate of drug-likeness (QED) is 0.523. The molecule has 0 aliphatic carbocycles. The maximum atomic E-state index is 12.5. The van der Waals surface area contributed by atoms with Crippen molar-refractivity contribution in [1.82, 2.24) is 29.4 Å². The lowest BCUT2D eigenvalue weighted by Gasteiger charge is -2.37. The Hall–Kier alpha value is -2.65. The Labute approximate surface area is 190 Å². The molecule has 9 heteroatoms. The highest BCUT2D eigenvalue weighted by Crippen LogP contribution is 2.11. The van der Waals surface area contributed by atoms with Crippen LogP contribution in [0.1, 0.15) is 18.2 Å². The third-order valence-electron chi connectivity index (χ3n) is 6.09. The van der Waals surface area contributed by atoms with Crippen LogP contribution < -0.4 is 5.32 Å². The number of carbonyl (C=O) groups excluding carboxylic acids is 1. The number of amides is 1. The summed E-state index contributed by atoms with van der Waals surface area (Å²) >= 11 is 0. The van der Waals surface area contributed by atoms with Gasteiger partial charge in [-0.05, 0) is 25.5 Å². The number of ether oxygens (including phenoxy) is 1. The number of guanidine groups is 1. The predicted molar refractivity (Wildman–Crippen MR) is 125 cm³/mol. The average molecular weight is 442 g/mol. The molecule has 4 rings (SSSR count). The highest BCUT2D eigenvalue weighted by atomic mass is 16.5. The maximum absolute atomic E-state index is 12.5. The number of morpholine rings is 1. The SMILES string of the molecule is CCNC(=NCCc1cn2cccc(C)c2n1)N1CCN(CC(=O)N2CCOCC2)CC1. The van der Waals surface area contributed by atoms with E-state index in [1.54, 1.807) is 0 Å². The first-order chi connectivity index (χ1) is 15.6. The first-order valence-electron chi connectivity index (χ1n) is 11.7. The van der Waals surface area contributed by atoms with Crippen LogP contribution in [0.3, 0.4) is 0 Å². The van der Waals surface area contributed by atoms with Crippen molar-refractivity contribution in [2.75, 3.05) is 72.1 Å². The molecule has 1 amide bonds. The van der Waals surface area contributed by atoms with Gasteiger partial charge in [0.1, 0.15) is 5.65 Å². The zero-order chi connectivity index (χ0) is 22.3. The molecule has 174 valence electrons. The molecule has 0 radical (unpaired) electrons. The fourth-order valence-electron chi connectivity index (χ4n) is 4.25. The summed E-state index contributed by atoms with van der Waals surface area (Å²) in [6.07, 6.45) is 4.94. The van der Waals surface area contributed by atoms with E-state index in [9.17, 15) is 4.79 Å². The maximum Gasteiger partial charge on any atom is 0.236 e. The Bertz CT molecular complexity index is 928. The number of piperazine rings is 1. The Kier molecular flexibility index (Phi) is 7.59. The number of rotatable bonds is 6. The average Bonchev–Trinajstić information content (AvgIpc) is 3.24. The van der Waals surface area contributed by atoms with Crippen LogP contribution in [0.15, 0.2) is 29.5 Å². The molecule has 0 bridgehead atoms. The summed E-state index contributed by atoms with van der Waals surface area (Å²) in [4.78, 5) is 28.6.